The molecule has 0 saturated carbocycles. The number of hydrogen-bond donors (Lipinski definition) is 2. The summed E-state index contributed by atoms with van der Waals surface area (Å²) in [6, 6.07) is 12.7. The maximum absolute atomic E-state index is 13.7. The van der Waals surface area contributed by atoms with Crippen LogP contribution in [0, 0.1) is 17.2 Å². The van der Waals surface area contributed by atoms with Gasteiger partial charge >= 0.3 is 0 Å². The molecule has 6 rings (SSSR count). The normalized spacial score (nSPS) is 28.7. The lowest BCUT2D eigenvalue weighted by atomic mass is 9.84. The molecule has 0 radical (unpaired) electrons. The summed E-state index contributed by atoms with van der Waals surface area (Å²) in [7, 11) is 1.69. The number of ether oxygens (including phenoxy) is 3. The van der Waals surface area contributed by atoms with Crippen molar-refractivity contribution in [2.45, 2.75) is 31.2 Å². The van der Waals surface area contributed by atoms with Crippen LogP contribution in [0.2, 0.25) is 0 Å². The number of nitrogens with one attached hydrogen (secondary N) is 1. The highest BCUT2D eigenvalue weighted by molar-refractivity contribution is 6.06. The molecule has 35 heavy (non-hydrogen) atoms. The van der Waals surface area contributed by atoms with E-state index in [1.807, 2.05) is 30.3 Å². The van der Waals surface area contributed by atoms with Crippen LogP contribution in [0.5, 0.6) is 11.5 Å². The van der Waals surface area contributed by atoms with E-state index in [-0.39, 0.29) is 61.6 Å². The highest BCUT2D eigenvalue weighted by Crippen LogP contribution is 2.53. The molecule has 3 fully saturated rings. The Morgan fingerprint density at radius 1 is 1.09 bits per heavy atom. The Bertz CT molecular complexity index is 1190. The van der Waals surface area contributed by atoms with Gasteiger partial charge in [-0.2, -0.15) is 0 Å². The molecule has 5 atom stereocenters. The first-order chi connectivity index (χ1) is 16.5. The molecular formula is C25H27ClN4O5. The number of benzene rings is 2. The van der Waals surface area contributed by atoms with E-state index in [1.54, 1.807) is 19.2 Å². The van der Waals surface area contributed by atoms with Crippen LogP contribution in [-0.2, 0) is 20.9 Å². The number of imide groups is 1. The zero-order chi connectivity index (χ0) is 23.6. The van der Waals surface area contributed by atoms with E-state index in [9.17, 15) is 9.59 Å². The lowest BCUT2D eigenvalue weighted by Crippen LogP contribution is -2.39. The fourth-order valence-electron chi connectivity index (χ4n) is 6.05. The number of likely N-dealkylation sites (tertiary alicyclic amines) is 1. The second kappa shape index (κ2) is 8.82. The number of carbonyl (C=O) groups is 2. The topological polar surface area (TPSA) is 118 Å². The molecule has 0 bridgehead atoms. The maximum atomic E-state index is 13.7. The predicted molar refractivity (Wildman–Crippen MR) is 128 cm³/mol. The Labute approximate surface area is 209 Å². The number of nitrogens with zero attached hydrogens (tertiary/aromatic N) is 2. The van der Waals surface area contributed by atoms with Gasteiger partial charge < -0.3 is 19.9 Å². The third-order valence-corrected chi connectivity index (χ3v) is 7.62. The van der Waals surface area contributed by atoms with E-state index in [2.05, 4.69) is 4.90 Å². The van der Waals surface area contributed by atoms with E-state index in [1.165, 1.54) is 4.90 Å². The monoisotopic (exact) mass is 498 g/mol. The predicted octanol–water partition coefficient (Wildman–Crippen LogP) is 2.07. The second-order valence-electron chi connectivity index (χ2n) is 9.34. The number of carbonyl (C=O) groups excluding carboxylic acids is 2. The van der Waals surface area contributed by atoms with Gasteiger partial charge in [-0.3, -0.25) is 24.8 Å². The van der Waals surface area contributed by atoms with Crippen LogP contribution in [0.25, 0.3) is 0 Å². The van der Waals surface area contributed by atoms with E-state index < -0.39 is 11.8 Å². The van der Waals surface area contributed by atoms with Gasteiger partial charge in [0, 0.05) is 31.3 Å². The van der Waals surface area contributed by atoms with Crippen molar-refractivity contribution in [1.29, 1.82) is 5.41 Å². The highest BCUT2D eigenvalue weighted by atomic mass is 35.5. The smallest absolute Gasteiger partial charge is 0.235 e. The van der Waals surface area contributed by atoms with Gasteiger partial charge in [0.1, 0.15) is 5.84 Å². The van der Waals surface area contributed by atoms with Gasteiger partial charge in [0.25, 0.3) is 0 Å². The first kappa shape index (κ1) is 23.6. The zero-order valence-electron chi connectivity index (χ0n) is 19.2. The van der Waals surface area contributed by atoms with Crippen LogP contribution in [0.1, 0.15) is 29.2 Å². The number of hydrogen-bond acceptors (Lipinski definition) is 7. The first-order valence-corrected chi connectivity index (χ1v) is 11.4. The van der Waals surface area contributed by atoms with Crippen LogP contribution in [0.3, 0.4) is 0 Å². The summed E-state index contributed by atoms with van der Waals surface area (Å²) >= 11 is 0. The summed E-state index contributed by atoms with van der Waals surface area (Å²) in [5, 5.41) is 7.67. The second-order valence-corrected chi connectivity index (χ2v) is 9.34. The summed E-state index contributed by atoms with van der Waals surface area (Å²) in [5.41, 5.74) is 8.03. The molecule has 3 N–H and O–H groups in total. The minimum absolute atomic E-state index is 0. The molecule has 2 amide bonds. The van der Waals surface area contributed by atoms with Crippen LogP contribution in [0.4, 0.5) is 0 Å². The molecule has 4 aliphatic rings. The fourth-order valence-corrected chi connectivity index (χ4v) is 6.05. The van der Waals surface area contributed by atoms with E-state index >= 15 is 0 Å². The molecule has 2 aromatic carbocycles. The maximum Gasteiger partial charge on any atom is 0.235 e. The number of methoxy groups -OCH3 is 1. The summed E-state index contributed by atoms with van der Waals surface area (Å²) in [5.74, 6) is 0.174. The van der Waals surface area contributed by atoms with Crippen molar-refractivity contribution in [3.8, 4) is 11.5 Å². The van der Waals surface area contributed by atoms with Crippen molar-refractivity contribution >= 4 is 30.1 Å². The van der Waals surface area contributed by atoms with Gasteiger partial charge in [0.05, 0.1) is 24.5 Å². The molecule has 2 aromatic rings. The molecule has 0 aromatic heterocycles. The molecule has 4 aliphatic heterocycles. The van der Waals surface area contributed by atoms with Crippen molar-refractivity contribution in [3.63, 3.8) is 0 Å². The van der Waals surface area contributed by atoms with Crippen LogP contribution in [-0.4, -0.2) is 60.0 Å². The largest absolute Gasteiger partial charge is 0.454 e. The van der Waals surface area contributed by atoms with Crippen LogP contribution >= 0.6 is 12.4 Å². The van der Waals surface area contributed by atoms with Gasteiger partial charge in [-0.05, 0) is 29.7 Å². The molecule has 3 saturated heterocycles. The Morgan fingerprint density at radius 3 is 2.51 bits per heavy atom. The van der Waals surface area contributed by atoms with Crippen molar-refractivity contribution in [1.82, 2.24) is 9.80 Å². The third kappa shape index (κ3) is 3.65. The average Bonchev–Trinajstić information content (AvgIpc) is 3.58. The Hall–Kier alpha value is -3.14. The summed E-state index contributed by atoms with van der Waals surface area (Å²) < 4.78 is 16.5. The van der Waals surface area contributed by atoms with E-state index in [0.717, 1.165) is 17.5 Å². The number of amidine groups is 1. The lowest BCUT2D eigenvalue weighted by Gasteiger charge is -2.29. The number of nitrogens with two attached hydrogens (primary N) is 1. The number of fused-ring (bicyclic) bond motifs is 4. The Balaban J connectivity index is 0.00000253. The molecule has 9 nitrogen and oxygen atoms in total. The molecule has 10 heteroatoms. The summed E-state index contributed by atoms with van der Waals surface area (Å²) in [6.45, 7) is 1.06. The van der Waals surface area contributed by atoms with Gasteiger partial charge in [0.2, 0.25) is 18.6 Å². The van der Waals surface area contributed by atoms with E-state index in [4.69, 9.17) is 25.4 Å². The number of halogens is 1. The average molecular weight is 499 g/mol. The number of nitrogen functional groups attached to an aromatic ring is 1. The SMILES string of the molecule is CO[C@H]1C[C@H]2[C@@H]3C(=O)N(Cc4ccc5c(c4)OCO5)C(=O)[C@@H]3[C@H](c3ccc(C(=N)N)cc3)N2C1.Cl. The van der Waals surface area contributed by atoms with Gasteiger partial charge in [-0.25, -0.2) is 0 Å². The molecule has 184 valence electrons. The van der Waals surface area contributed by atoms with Crippen LogP contribution < -0.4 is 15.2 Å². The van der Waals surface area contributed by atoms with Crippen LogP contribution in [0.15, 0.2) is 42.5 Å². The third-order valence-electron chi connectivity index (χ3n) is 7.62. The van der Waals surface area contributed by atoms with Gasteiger partial charge in [-0.15, -0.1) is 12.4 Å². The number of rotatable bonds is 5. The van der Waals surface area contributed by atoms with Gasteiger partial charge in [0.15, 0.2) is 11.5 Å². The first-order valence-electron chi connectivity index (χ1n) is 11.4. The number of amides is 2. The Kier molecular flexibility index (Phi) is 5.94. The van der Waals surface area contributed by atoms with Crippen molar-refractivity contribution in [2.24, 2.45) is 17.6 Å². The fraction of sp³-hybridized carbons (Fsp3) is 0.400. The van der Waals surface area contributed by atoms with Gasteiger partial charge in [-0.1, -0.05) is 30.3 Å². The highest BCUT2D eigenvalue weighted by Gasteiger charge is 2.64. The van der Waals surface area contributed by atoms with Crippen molar-refractivity contribution in [2.75, 3.05) is 20.4 Å². The molecule has 4 heterocycles. The Morgan fingerprint density at radius 2 is 1.80 bits per heavy atom. The molecular weight excluding hydrogens is 472 g/mol. The molecule has 0 unspecified atom stereocenters. The van der Waals surface area contributed by atoms with Crippen molar-refractivity contribution in [3.05, 3.63) is 59.2 Å². The minimum atomic E-state index is -0.451. The van der Waals surface area contributed by atoms with Crippen molar-refractivity contribution < 1.29 is 23.8 Å². The zero-order valence-corrected chi connectivity index (χ0v) is 20.0. The molecule has 0 spiro atoms. The summed E-state index contributed by atoms with van der Waals surface area (Å²) in [4.78, 5) is 31.0. The minimum Gasteiger partial charge on any atom is -0.454 e. The summed E-state index contributed by atoms with van der Waals surface area (Å²) in [6.07, 6.45) is 0.743. The standard InChI is InChI=1S/C25H26N4O5.ClH/c1-32-16-9-17-20-21(22(28(17)11-16)14-3-5-15(6-4-14)23(26)27)25(31)29(24(20)30)10-13-2-7-18-19(8-13)34-12-33-18;/h2-8,16-17,20-22H,9-12H2,1H3,(H3,26,27);1H/t16-,17-,20-,21-,22-;/m0./s1. The lowest BCUT2D eigenvalue weighted by molar-refractivity contribution is -0.142. The quantitative estimate of drug-likeness (QED) is 0.368. The molecule has 0 aliphatic carbocycles. The van der Waals surface area contributed by atoms with E-state index in [0.29, 0.717) is 23.6 Å².